The number of ketones is 1. The molecule has 3 rings (SSSR count). The summed E-state index contributed by atoms with van der Waals surface area (Å²) in [4.78, 5) is 25.1. The number of ether oxygens (including phenoxy) is 1. The molecule has 1 heterocycles. The summed E-state index contributed by atoms with van der Waals surface area (Å²) in [6, 6.07) is 13.1. The zero-order valence-corrected chi connectivity index (χ0v) is 17.9. The fourth-order valence-corrected chi connectivity index (χ4v) is 3.61. The van der Waals surface area contributed by atoms with Gasteiger partial charge >= 0.3 is 6.18 Å². The Morgan fingerprint density at radius 3 is 2.47 bits per heavy atom. The fraction of sp³-hybridized carbons (Fsp3) is 0.304. The van der Waals surface area contributed by atoms with Crippen molar-refractivity contribution in [2.45, 2.75) is 25.6 Å². The van der Waals surface area contributed by atoms with E-state index in [4.69, 9.17) is 15.2 Å². The van der Waals surface area contributed by atoms with E-state index in [0.717, 1.165) is 6.07 Å². The van der Waals surface area contributed by atoms with Crippen molar-refractivity contribution in [2.75, 3.05) is 18.5 Å². The Balaban J connectivity index is 1.64. The number of nitriles is 1. The first-order valence-corrected chi connectivity index (χ1v) is 10.2. The zero-order valence-electron chi connectivity index (χ0n) is 17.9. The van der Waals surface area contributed by atoms with Gasteiger partial charge in [-0.15, -0.1) is 0 Å². The van der Waals surface area contributed by atoms with Crippen LogP contribution in [0.3, 0.4) is 0 Å². The molecule has 178 valence electrons. The largest absolute Gasteiger partial charge is 0.418 e. The molecule has 0 spiro atoms. The van der Waals surface area contributed by atoms with Gasteiger partial charge in [0.2, 0.25) is 11.6 Å². The minimum Gasteiger partial charge on any atom is -0.410 e. The summed E-state index contributed by atoms with van der Waals surface area (Å²) in [5, 5.41) is 25.8. The van der Waals surface area contributed by atoms with Crippen LogP contribution < -0.4 is 10.6 Å². The summed E-state index contributed by atoms with van der Waals surface area (Å²) in [6.45, 7) is 0.349. The molecule has 0 bridgehead atoms. The van der Waals surface area contributed by atoms with Crippen molar-refractivity contribution in [1.82, 2.24) is 5.32 Å². The van der Waals surface area contributed by atoms with Crippen molar-refractivity contribution < 1.29 is 32.7 Å². The molecule has 8 nitrogen and oxygen atoms in total. The van der Waals surface area contributed by atoms with E-state index in [1.54, 1.807) is 24.3 Å². The Hall–Kier alpha value is -3.91. The molecule has 1 amide bonds. The lowest BCUT2D eigenvalue weighted by Gasteiger charge is -2.25. The molecule has 0 unspecified atom stereocenters. The van der Waals surface area contributed by atoms with Crippen LogP contribution in [0.2, 0.25) is 0 Å². The predicted molar refractivity (Wildman–Crippen MR) is 115 cm³/mol. The highest BCUT2D eigenvalue weighted by Crippen LogP contribution is 2.36. The molecule has 0 aromatic heterocycles. The molecule has 1 aliphatic rings. The number of oxime groups is 1. The van der Waals surface area contributed by atoms with Crippen molar-refractivity contribution in [3.05, 3.63) is 59.7 Å². The summed E-state index contributed by atoms with van der Waals surface area (Å²) in [5.74, 6) is -1.21. The van der Waals surface area contributed by atoms with Crippen molar-refractivity contribution in [3.63, 3.8) is 0 Å². The van der Waals surface area contributed by atoms with Gasteiger partial charge in [-0.2, -0.15) is 18.4 Å². The summed E-state index contributed by atoms with van der Waals surface area (Å²) in [5.41, 5.74) is -1.62. The Morgan fingerprint density at radius 1 is 1.18 bits per heavy atom. The number of rotatable bonds is 8. The lowest BCUT2D eigenvalue weighted by atomic mass is 9.80. The lowest BCUT2D eigenvalue weighted by Crippen LogP contribution is -2.43. The topological polar surface area (TPSA) is 124 Å². The number of anilines is 2. The Kier molecular flexibility index (Phi) is 7.53. The molecule has 34 heavy (non-hydrogen) atoms. The molecule has 11 heteroatoms. The number of amides is 1. The van der Waals surface area contributed by atoms with Crippen LogP contribution in [0.1, 0.15) is 24.0 Å². The van der Waals surface area contributed by atoms with E-state index < -0.39 is 34.6 Å². The molecule has 2 aromatic rings. The molecule has 0 radical (unpaired) electrons. The summed E-state index contributed by atoms with van der Waals surface area (Å²) in [6.07, 6.45) is -4.57. The van der Waals surface area contributed by atoms with E-state index >= 15 is 0 Å². The number of Topliss-reactive ketones (excluding diaryl/α,β-unsaturated/α-hetero) is 1. The molecular weight excluding hydrogens is 453 g/mol. The maximum atomic E-state index is 13.2. The summed E-state index contributed by atoms with van der Waals surface area (Å²) < 4.78 is 44.8. The van der Waals surface area contributed by atoms with Gasteiger partial charge in [-0.05, 0) is 36.2 Å². The monoisotopic (exact) mass is 474 g/mol. The maximum Gasteiger partial charge on any atom is 0.418 e. The van der Waals surface area contributed by atoms with Crippen molar-refractivity contribution in [2.24, 2.45) is 10.6 Å². The van der Waals surface area contributed by atoms with Gasteiger partial charge in [0.05, 0.1) is 23.3 Å². The average molecular weight is 474 g/mol. The van der Waals surface area contributed by atoms with Crippen molar-refractivity contribution >= 4 is 28.8 Å². The summed E-state index contributed by atoms with van der Waals surface area (Å²) >= 11 is 0. The van der Waals surface area contributed by atoms with Gasteiger partial charge in [0.1, 0.15) is 6.07 Å². The predicted octanol–water partition coefficient (Wildman–Crippen LogP) is 3.78. The third-order valence-corrected chi connectivity index (χ3v) is 5.47. The lowest BCUT2D eigenvalue weighted by molar-refractivity contribution is -0.137. The van der Waals surface area contributed by atoms with Gasteiger partial charge in [0.15, 0.2) is 5.78 Å². The number of halogens is 3. The molecular formula is C23H21F3N4O4. The van der Waals surface area contributed by atoms with Gasteiger partial charge < -0.3 is 20.6 Å². The standard InChI is InChI=1S/C23H21F3N4O4/c24-23(25,26)17-3-1-2-4-18(17)29-16-7-5-15(6-8-16)13-28-21(32)22(9-10-34-14-22)11-20(31)19(12-27)30-33/h1-8,29,33H,9-11,13-14H2,(H,28,32)/b30-19+/t22-/m0/s1. The third-order valence-electron chi connectivity index (χ3n) is 5.47. The van der Waals surface area contributed by atoms with Crippen LogP contribution in [-0.4, -0.2) is 35.8 Å². The highest BCUT2D eigenvalue weighted by molar-refractivity contribution is 6.46. The Morgan fingerprint density at radius 2 is 1.88 bits per heavy atom. The van der Waals surface area contributed by atoms with Crippen LogP contribution in [0.4, 0.5) is 24.5 Å². The normalized spacial score (nSPS) is 18.2. The summed E-state index contributed by atoms with van der Waals surface area (Å²) in [7, 11) is 0. The quantitative estimate of drug-likeness (QED) is 0.304. The number of para-hydroxylation sites is 1. The van der Waals surface area contributed by atoms with Gasteiger partial charge in [0.25, 0.3) is 0 Å². The third kappa shape index (κ3) is 5.71. The van der Waals surface area contributed by atoms with Crippen LogP contribution >= 0.6 is 0 Å². The number of hydrogen-bond acceptors (Lipinski definition) is 7. The number of carbonyl (C=O) groups excluding carboxylic acids is 2. The smallest absolute Gasteiger partial charge is 0.410 e. The number of benzene rings is 2. The maximum absolute atomic E-state index is 13.2. The first kappa shape index (κ1) is 24.7. The molecule has 1 saturated heterocycles. The van der Waals surface area contributed by atoms with Crippen LogP contribution in [0, 0.1) is 16.7 Å². The van der Waals surface area contributed by atoms with Gasteiger partial charge in [-0.3, -0.25) is 9.59 Å². The van der Waals surface area contributed by atoms with Crippen LogP contribution in [0.15, 0.2) is 53.7 Å². The minimum absolute atomic E-state index is 0.0177. The number of carbonyl (C=O) groups is 2. The molecule has 2 aromatic carbocycles. The molecule has 0 aliphatic carbocycles. The van der Waals surface area contributed by atoms with Gasteiger partial charge in [0, 0.05) is 25.3 Å². The Labute approximate surface area is 193 Å². The molecule has 0 saturated carbocycles. The first-order chi connectivity index (χ1) is 16.2. The van der Waals surface area contributed by atoms with E-state index in [-0.39, 0.29) is 38.3 Å². The number of hydrogen-bond donors (Lipinski definition) is 3. The van der Waals surface area contributed by atoms with Gasteiger partial charge in [-0.25, -0.2) is 0 Å². The second kappa shape index (κ2) is 10.4. The van der Waals surface area contributed by atoms with Crippen molar-refractivity contribution in [1.29, 1.82) is 5.26 Å². The van der Waals surface area contributed by atoms with Crippen molar-refractivity contribution in [3.8, 4) is 6.07 Å². The van der Waals surface area contributed by atoms with E-state index in [1.807, 2.05) is 0 Å². The minimum atomic E-state index is -4.49. The van der Waals surface area contributed by atoms with Crippen LogP contribution in [0.25, 0.3) is 0 Å². The Bertz CT molecular complexity index is 1120. The molecule has 3 N–H and O–H groups in total. The number of nitrogens with one attached hydrogen (secondary N) is 2. The average Bonchev–Trinajstić information content (AvgIpc) is 3.28. The first-order valence-electron chi connectivity index (χ1n) is 10.2. The van der Waals surface area contributed by atoms with Gasteiger partial charge in [-0.1, -0.05) is 29.4 Å². The molecule has 1 atom stereocenters. The fourth-order valence-electron chi connectivity index (χ4n) is 3.61. The van der Waals surface area contributed by atoms with Crippen LogP contribution in [-0.2, 0) is 27.0 Å². The second-order valence-electron chi connectivity index (χ2n) is 7.79. The van der Waals surface area contributed by atoms with E-state index in [0.29, 0.717) is 11.3 Å². The number of alkyl halides is 3. The molecule has 1 fully saturated rings. The number of nitrogens with zero attached hydrogens (tertiary/aromatic N) is 2. The van der Waals surface area contributed by atoms with Crippen LogP contribution in [0.5, 0.6) is 0 Å². The second-order valence-corrected chi connectivity index (χ2v) is 7.79. The highest BCUT2D eigenvalue weighted by atomic mass is 19.4. The van der Waals surface area contributed by atoms with E-state index in [1.165, 1.54) is 24.3 Å². The van der Waals surface area contributed by atoms with E-state index in [9.17, 15) is 22.8 Å². The van der Waals surface area contributed by atoms with E-state index in [2.05, 4.69) is 15.8 Å². The SMILES string of the molecule is N#C/C(=N\O)C(=O)C[C@@]1(C(=O)NCc2ccc(Nc3ccccc3C(F)(F)F)cc2)CCOC1. The zero-order chi connectivity index (χ0) is 24.8. The highest BCUT2D eigenvalue weighted by Gasteiger charge is 2.44. The molecule has 1 aliphatic heterocycles.